The van der Waals surface area contributed by atoms with Gasteiger partial charge in [0.2, 0.25) is 0 Å². The Morgan fingerprint density at radius 3 is 1.72 bits per heavy atom. The zero-order valence-electron chi connectivity index (χ0n) is 42.5. The van der Waals surface area contributed by atoms with Crippen LogP contribution in [0.1, 0.15) is 92.9 Å². The molecule has 3 N–H and O–H groups in total. The van der Waals surface area contributed by atoms with E-state index in [4.69, 9.17) is 22.1 Å². The number of aldehydes is 1. The number of hydrogen-bond donors (Lipinski definition) is 2. The highest BCUT2D eigenvalue weighted by atomic mass is 35.5. The molecule has 0 unspecified atom stereocenters. The van der Waals surface area contributed by atoms with Gasteiger partial charge in [-0.1, -0.05) is 60.1 Å². The van der Waals surface area contributed by atoms with E-state index in [1.165, 1.54) is 29.8 Å². The van der Waals surface area contributed by atoms with Crippen molar-refractivity contribution in [2.45, 2.75) is 115 Å². The summed E-state index contributed by atoms with van der Waals surface area (Å²) in [5.41, 5.74) is 13.9. The van der Waals surface area contributed by atoms with Crippen LogP contribution >= 0.6 is 11.6 Å². The number of piperazine rings is 1. The van der Waals surface area contributed by atoms with Crippen molar-refractivity contribution in [1.82, 2.24) is 24.3 Å². The Morgan fingerprint density at radius 2 is 1.20 bits per heavy atom. The molecule has 0 radical (unpaired) electrons. The quantitative estimate of drug-likeness (QED) is 0.0918. The first-order valence-electron chi connectivity index (χ1n) is 25.5. The van der Waals surface area contributed by atoms with Crippen molar-refractivity contribution >= 4 is 45.8 Å². The molecule has 10 rings (SSSR count). The smallest absolute Gasteiger partial charge is 0.444 e. The topological polar surface area (TPSA) is 116 Å². The van der Waals surface area contributed by atoms with Gasteiger partial charge in [-0.25, -0.2) is 4.79 Å². The fraction of sp³-hybridized carbons (Fsp3) is 0.379. The van der Waals surface area contributed by atoms with Crippen molar-refractivity contribution in [1.29, 1.82) is 0 Å². The Hall–Kier alpha value is -6.53. The number of rotatable bonds is 12. The number of benzene rings is 5. The molecule has 1 saturated heterocycles. The monoisotopic (exact) mass is 1070 g/mol. The van der Waals surface area contributed by atoms with Gasteiger partial charge in [0, 0.05) is 119 Å². The van der Waals surface area contributed by atoms with Crippen molar-refractivity contribution in [3.8, 4) is 33.8 Å². The molecule has 2 saturated carbocycles. The van der Waals surface area contributed by atoms with Crippen molar-refractivity contribution in [2.75, 3.05) is 26.2 Å². The summed E-state index contributed by atoms with van der Waals surface area (Å²) < 4.78 is 93.6. The summed E-state index contributed by atoms with van der Waals surface area (Å²) in [5, 5.41) is 5.67. The largest absolute Gasteiger partial charge is 0.573 e. The minimum absolute atomic E-state index is 0.0381. The Bertz CT molecular complexity index is 3140. The van der Waals surface area contributed by atoms with Crippen LogP contribution < -0.4 is 20.5 Å². The number of alkyl halides is 6. The minimum Gasteiger partial charge on any atom is -0.444 e. The van der Waals surface area contributed by atoms with Gasteiger partial charge in [-0.05, 0) is 142 Å². The summed E-state index contributed by atoms with van der Waals surface area (Å²) in [4.78, 5) is 28.5. The molecule has 1 amide bonds. The van der Waals surface area contributed by atoms with Gasteiger partial charge in [0.1, 0.15) is 23.4 Å². The lowest BCUT2D eigenvalue weighted by Crippen LogP contribution is -2.45. The molecule has 3 aliphatic rings. The van der Waals surface area contributed by atoms with Crippen LogP contribution in [0.5, 0.6) is 11.5 Å². The van der Waals surface area contributed by atoms with Crippen LogP contribution in [0.25, 0.3) is 44.1 Å². The highest BCUT2D eigenvalue weighted by Crippen LogP contribution is 2.41. The van der Waals surface area contributed by atoms with Gasteiger partial charge in [-0.3, -0.25) is 14.6 Å². The molecule has 2 aromatic heterocycles. The second kappa shape index (κ2) is 22.6. The SMILES string of the molecule is CC(C)(C)OC(=O)N[C@@H]1CC[C@H](n2cc(-c3ccc(OC(F)(F)F)cc3)c3cc(C=O)ccc32)C1.N[C@@H]1CC[C@H](n2cc(-c3ccc(OC(F)(F)F)cc3)c3cc(CN4CCN(Cc5ccccc5Cl)CC4)ccc32)C1. The number of fused-ring (bicyclic) bond motifs is 2. The normalized spacial score (nSPS) is 19.6. The first-order valence-corrected chi connectivity index (χ1v) is 25.9. The number of aromatic nitrogens is 2. The van der Waals surface area contributed by atoms with Crippen LogP contribution in [0, 0.1) is 0 Å². The first-order chi connectivity index (χ1) is 36.1. The minimum atomic E-state index is -4.76. The Balaban J connectivity index is 0.000000188. The Kier molecular flexibility index (Phi) is 16.1. The van der Waals surface area contributed by atoms with E-state index in [1.54, 1.807) is 36.4 Å². The van der Waals surface area contributed by atoms with Gasteiger partial charge in [0.25, 0.3) is 0 Å². The maximum Gasteiger partial charge on any atom is 0.573 e. The number of nitrogens with one attached hydrogen (secondary N) is 1. The van der Waals surface area contributed by atoms with E-state index in [2.05, 4.69) is 64.2 Å². The molecular weight excluding hydrogens is 1010 g/mol. The molecule has 0 spiro atoms. The third kappa shape index (κ3) is 13.7. The van der Waals surface area contributed by atoms with E-state index in [-0.39, 0.29) is 29.6 Å². The standard InChI is InChI=1S/C32H34ClF3N4O.C26H27F3N2O4/c33-30-4-2-1-3-24(30)20-39-15-13-38(14-16-39)19-22-5-12-31-28(17-22)29(21-40(31)26-9-8-25(37)18-26)23-6-10-27(11-7-23)41-32(34,35)36;1-25(2,3)35-24(33)30-18-7-8-19(13-18)31-14-22(21-12-16(15-32)4-11-23(21)31)17-5-9-20(10-6-17)34-26(27,28)29/h1-7,10-12,17,21,25-26H,8-9,13-16,18-20,37H2;4-6,9-12,14-15,18-19H,7-8,13H2,1-3H3,(H,30,33)/t25-,26+;18-,19+/m11/s1. The molecule has 0 bridgehead atoms. The van der Waals surface area contributed by atoms with Gasteiger partial charge in [-0.15, -0.1) is 26.3 Å². The van der Waals surface area contributed by atoms with E-state index < -0.39 is 24.4 Å². The number of nitrogens with two attached hydrogens (primary N) is 1. The Morgan fingerprint density at radius 1 is 0.671 bits per heavy atom. The molecular formula is C58H61ClF6N6O5. The fourth-order valence-electron chi connectivity index (χ4n) is 10.8. The highest BCUT2D eigenvalue weighted by molar-refractivity contribution is 6.31. The van der Waals surface area contributed by atoms with Gasteiger partial charge >= 0.3 is 18.8 Å². The third-order valence-corrected chi connectivity index (χ3v) is 14.6. The predicted octanol–water partition coefficient (Wildman–Crippen LogP) is 13.9. The number of hydrogen-bond acceptors (Lipinski definition) is 8. The molecule has 402 valence electrons. The molecule has 2 aliphatic carbocycles. The van der Waals surface area contributed by atoms with Gasteiger partial charge < -0.3 is 34.4 Å². The maximum atomic E-state index is 12.7. The number of ether oxygens (including phenoxy) is 3. The number of alkyl carbamates (subject to hydrolysis) is 1. The van der Waals surface area contributed by atoms with Crippen LogP contribution in [0.3, 0.4) is 0 Å². The Labute approximate surface area is 442 Å². The van der Waals surface area contributed by atoms with Crippen molar-refractivity contribution in [3.63, 3.8) is 0 Å². The third-order valence-electron chi connectivity index (χ3n) is 14.3. The summed E-state index contributed by atoms with van der Waals surface area (Å²) in [5.74, 6) is -0.522. The summed E-state index contributed by atoms with van der Waals surface area (Å²) in [6, 6.07) is 32.4. The molecule has 3 heterocycles. The number of nitrogens with zero attached hydrogens (tertiary/aromatic N) is 4. The maximum absolute atomic E-state index is 12.7. The predicted molar refractivity (Wildman–Crippen MR) is 282 cm³/mol. The lowest BCUT2D eigenvalue weighted by molar-refractivity contribution is -0.275. The zero-order valence-corrected chi connectivity index (χ0v) is 43.2. The van der Waals surface area contributed by atoms with Crippen LogP contribution in [0.15, 0.2) is 122 Å². The van der Waals surface area contributed by atoms with Gasteiger partial charge in [0.15, 0.2) is 0 Å². The molecule has 3 fully saturated rings. The molecule has 18 heteroatoms. The highest BCUT2D eigenvalue weighted by Gasteiger charge is 2.33. The van der Waals surface area contributed by atoms with E-state index in [9.17, 15) is 35.9 Å². The molecule has 7 aromatic rings. The average molecular weight is 1070 g/mol. The molecule has 11 nitrogen and oxygen atoms in total. The van der Waals surface area contributed by atoms with Gasteiger partial charge in [0.05, 0.1) is 0 Å². The second-order valence-electron chi connectivity index (χ2n) is 21.0. The van der Waals surface area contributed by atoms with Crippen LogP contribution in [-0.4, -0.2) is 87.9 Å². The lowest BCUT2D eigenvalue weighted by atomic mass is 10.0. The second-order valence-corrected chi connectivity index (χ2v) is 21.4. The number of halogens is 7. The summed E-state index contributed by atoms with van der Waals surface area (Å²) in [6.45, 7) is 11.0. The molecule has 1 aliphatic heterocycles. The summed E-state index contributed by atoms with van der Waals surface area (Å²) in [6.07, 6.45) is 0.187. The fourth-order valence-corrected chi connectivity index (χ4v) is 11.0. The number of carbonyl (C=O) groups is 2. The summed E-state index contributed by atoms with van der Waals surface area (Å²) in [7, 11) is 0. The zero-order chi connectivity index (χ0) is 53.9. The average Bonchev–Trinajstić information content (AvgIpc) is 4.19. The van der Waals surface area contributed by atoms with E-state index in [0.717, 1.165) is 127 Å². The number of carbonyl (C=O) groups excluding carboxylic acids is 2. The number of amides is 1. The van der Waals surface area contributed by atoms with Crippen LogP contribution in [-0.2, 0) is 17.8 Å². The van der Waals surface area contributed by atoms with Crippen LogP contribution in [0.4, 0.5) is 31.1 Å². The van der Waals surface area contributed by atoms with E-state index in [0.29, 0.717) is 23.6 Å². The van der Waals surface area contributed by atoms with Gasteiger partial charge in [-0.2, -0.15) is 0 Å². The van der Waals surface area contributed by atoms with E-state index >= 15 is 0 Å². The first kappa shape index (κ1) is 54.3. The molecule has 4 atom stereocenters. The van der Waals surface area contributed by atoms with Crippen molar-refractivity contribution in [2.24, 2.45) is 5.73 Å². The summed E-state index contributed by atoms with van der Waals surface area (Å²) >= 11 is 6.37. The molecule has 76 heavy (non-hydrogen) atoms. The van der Waals surface area contributed by atoms with E-state index in [1.807, 2.05) is 51.2 Å². The lowest BCUT2D eigenvalue weighted by Gasteiger charge is -2.35. The van der Waals surface area contributed by atoms with Crippen LogP contribution in [0.2, 0.25) is 5.02 Å². The van der Waals surface area contributed by atoms with Crippen molar-refractivity contribution < 1.29 is 50.1 Å². The van der Waals surface area contributed by atoms with Crippen molar-refractivity contribution in [3.05, 3.63) is 143 Å². The molecule has 5 aromatic carbocycles.